The highest BCUT2D eigenvalue weighted by molar-refractivity contribution is 5.99. The van der Waals surface area contributed by atoms with Gasteiger partial charge in [-0.15, -0.1) is 0 Å². The van der Waals surface area contributed by atoms with E-state index in [1.54, 1.807) is 31.4 Å². The van der Waals surface area contributed by atoms with E-state index in [0.29, 0.717) is 28.3 Å². The number of likely N-dealkylation sites (N-methyl/N-ethyl adjacent to an activating group) is 1. The number of piperazine rings is 1. The van der Waals surface area contributed by atoms with Crippen LogP contribution >= 0.6 is 0 Å². The van der Waals surface area contributed by atoms with Crippen LogP contribution < -0.4 is 25.8 Å². The van der Waals surface area contributed by atoms with Gasteiger partial charge in [0.2, 0.25) is 17.7 Å². The Morgan fingerprint density at radius 1 is 1.15 bits per heavy atom. The number of pyridine rings is 2. The molecule has 0 aliphatic carbocycles. The second-order valence-corrected chi connectivity index (χ2v) is 9.17. The summed E-state index contributed by atoms with van der Waals surface area (Å²) >= 11 is 0. The van der Waals surface area contributed by atoms with Gasteiger partial charge in [0.05, 0.1) is 12.8 Å². The predicted octanol–water partition coefficient (Wildman–Crippen LogP) is 2.68. The van der Waals surface area contributed by atoms with Crippen molar-refractivity contribution in [3.05, 3.63) is 77.2 Å². The molecule has 0 saturated carbocycles. The Kier molecular flexibility index (Phi) is 7.39. The van der Waals surface area contributed by atoms with Gasteiger partial charge in [0.25, 0.3) is 5.56 Å². The standard InChI is InChI=1S/C28H27N9O3/c1-4-24(38)31-20-6-5-7-21(15-20)37-25-19(14-18(16-29)27(37)39)17-30-28(34-25)32-22-8-9-23(33-26(22)40-3)36-12-10-35(2)11-13-36/h4-9,14-15,17H,1,10-13H2,2-3H3,(H,31,38)(H,30,32,34). The fourth-order valence-electron chi connectivity index (χ4n) is 4.41. The van der Waals surface area contributed by atoms with E-state index in [1.165, 1.54) is 16.8 Å². The molecule has 4 aromatic rings. The minimum atomic E-state index is -0.553. The van der Waals surface area contributed by atoms with Crippen molar-refractivity contribution in [1.82, 2.24) is 24.4 Å². The summed E-state index contributed by atoms with van der Waals surface area (Å²) in [6.45, 7) is 7.10. The SMILES string of the molecule is C=CC(=O)Nc1cccc(-n2c(=O)c(C#N)cc3cnc(Nc4ccc(N5CCN(C)CC5)nc4OC)nc32)c1. The molecule has 40 heavy (non-hydrogen) atoms. The summed E-state index contributed by atoms with van der Waals surface area (Å²) in [6.07, 6.45) is 2.68. The maximum absolute atomic E-state index is 13.3. The lowest BCUT2D eigenvalue weighted by atomic mass is 10.2. The molecule has 0 unspecified atom stereocenters. The van der Waals surface area contributed by atoms with Crippen molar-refractivity contribution in [3.8, 4) is 17.6 Å². The zero-order valence-electron chi connectivity index (χ0n) is 22.1. The molecule has 1 amide bonds. The average molecular weight is 538 g/mol. The number of nitrogens with one attached hydrogen (secondary N) is 2. The van der Waals surface area contributed by atoms with E-state index in [2.05, 4.69) is 49.0 Å². The molecule has 4 heterocycles. The van der Waals surface area contributed by atoms with Crippen LogP contribution in [0.15, 0.2) is 66.1 Å². The molecule has 1 fully saturated rings. The van der Waals surface area contributed by atoms with E-state index in [1.807, 2.05) is 18.2 Å². The van der Waals surface area contributed by atoms with Crippen molar-refractivity contribution >= 4 is 40.1 Å². The maximum Gasteiger partial charge on any atom is 0.274 e. The Labute approximate surface area is 230 Å². The highest BCUT2D eigenvalue weighted by atomic mass is 16.5. The van der Waals surface area contributed by atoms with Crippen LogP contribution in [-0.2, 0) is 4.79 Å². The summed E-state index contributed by atoms with van der Waals surface area (Å²) in [6, 6.07) is 13.8. The molecular formula is C28H27N9O3. The summed E-state index contributed by atoms with van der Waals surface area (Å²) in [5, 5.41) is 15.9. The normalized spacial score (nSPS) is 13.5. The molecule has 5 rings (SSSR count). The lowest BCUT2D eigenvalue weighted by Gasteiger charge is -2.33. The van der Waals surface area contributed by atoms with Crippen LogP contribution in [0.5, 0.6) is 5.88 Å². The van der Waals surface area contributed by atoms with Gasteiger partial charge in [-0.1, -0.05) is 12.6 Å². The number of aromatic nitrogens is 4. The third-order valence-corrected chi connectivity index (χ3v) is 6.53. The monoisotopic (exact) mass is 537 g/mol. The van der Waals surface area contributed by atoms with Gasteiger partial charge in [0.1, 0.15) is 23.1 Å². The van der Waals surface area contributed by atoms with Crippen molar-refractivity contribution in [2.75, 3.05) is 55.9 Å². The summed E-state index contributed by atoms with van der Waals surface area (Å²) in [5.41, 5.74) is 1.07. The Morgan fingerprint density at radius 2 is 1.95 bits per heavy atom. The number of amides is 1. The van der Waals surface area contributed by atoms with Gasteiger partial charge in [0.15, 0.2) is 5.65 Å². The van der Waals surface area contributed by atoms with Crippen LogP contribution in [-0.4, -0.2) is 70.7 Å². The number of anilines is 4. The van der Waals surface area contributed by atoms with Crippen molar-refractivity contribution < 1.29 is 9.53 Å². The molecule has 2 N–H and O–H groups in total. The van der Waals surface area contributed by atoms with Crippen LogP contribution in [0.1, 0.15) is 5.56 Å². The molecule has 1 saturated heterocycles. The average Bonchev–Trinajstić information content (AvgIpc) is 2.97. The zero-order valence-corrected chi connectivity index (χ0v) is 22.1. The molecule has 202 valence electrons. The first kappa shape index (κ1) is 26.3. The molecule has 0 atom stereocenters. The Bertz CT molecular complexity index is 1700. The second kappa shape index (κ2) is 11.2. The number of carbonyl (C=O) groups is 1. The zero-order chi connectivity index (χ0) is 28.2. The van der Waals surface area contributed by atoms with E-state index < -0.39 is 11.5 Å². The Morgan fingerprint density at radius 3 is 2.67 bits per heavy atom. The highest BCUT2D eigenvalue weighted by Gasteiger charge is 2.19. The molecule has 0 spiro atoms. The molecule has 1 aliphatic heterocycles. The second-order valence-electron chi connectivity index (χ2n) is 9.17. The largest absolute Gasteiger partial charge is 0.479 e. The van der Waals surface area contributed by atoms with Crippen molar-refractivity contribution in [2.24, 2.45) is 0 Å². The molecular weight excluding hydrogens is 510 g/mol. The molecule has 12 heteroatoms. The summed E-state index contributed by atoms with van der Waals surface area (Å²) in [7, 11) is 3.64. The lowest BCUT2D eigenvalue weighted by Crippen LogP contribution is -2.44. The van der Waals surface area contributed by atoms with Crippen LogP contribution in [0.25, 0.3) is 16.7 Å². The van der Waals surface area contributed by atoms with Gasteiger partial charge in [-0.2, -0.15) is 15.2 Å². The fourth-order valence-corrected chi connectivity index (χ4v) is 4.41. The molecule has 3 aromatic heterocycles. The molecule has 0 bridgehead atoms. The van der Waals surface area contributed by atoms with Crippen molar-refractivity contribution in [3.63, 3.8) is 0 Å². The number of nitriles is 1. The highest BCUT2D eigenvalue weighted by Crippen LogP contribution is 2.29. The van der Waals surface area contributed by atoms with E-state index >= 15 is 0 Å². The minimum Gasteiger partial charge on any atom is -0.479 e. The Balaban J connectivity index is 1.53. The first-order valence-corrected chi connectivity index (χ1v) is 12.5. The van der Waals surface area contributed by atoms with Crippen molar-refractivity contribution in [2.45, 2.75) is 0 Å². The number of methoxy groups -OCH3 is 1. The van der Waals surface area contributed by atoms with E-state index in [9.17, 15) is 14.9 Å². The van der Waals surface area contributed by atoms with E-state index in [4.69, 9.17) is 4.74 Å². The van der Waals surface area contributed by atoms with Crippen LogP contribution in [0.4, 0.5) is 23.1 Å². The number of carbonyl (C=O) groups excluding carboxylic acids is 1. The van der Waals surface area contributed by atoms with Gasteiger partial charge >= 0.3 is 0 Å². The topological polar surface area (TPSA) is 141 Å². The minimum absolute atomic E-state index is 0.0669. The first-order valence-electron chi connectivity index (χ1n) is 12.5. The smallest absolute Gasteiger partial charge is 0.274 e. The third-order valence-electron chi connectivity index (χ3n) is 6.53. The van der Waals surface area contributed by atoms with Crippen LogP contribution in [0, 0.1) is 11.3 Å². The van der Waals surface area contributed by atoms with Gasteiger partial charge in [-0.25, -0.2) is 4.98 Å². The molecule has 1 aromatic carbocycles. The van der Waals surface area contributed by atoms with Crippen LogP contribution in [0.3, 0.4) is 0 Å². The third kappa shape index (κ3) is 5.31. The Hall–Kier alpha value is -5.28. The molecule has 0 radical (unpaired) electrons. The first-order chi connectivity index (χ1) is 19.4. The summed E-state index contributed by atoms with van der Waals surface area (Å²) in [4.78, 5) is 43.3. The number of hydrogen-bond acceptors (Lipinski definition) is 10. The number of ether oxygens (including phenoxy) is 1. The van der Waals surface area contributed by atoms with Gasteiger partial charge in [-0.05, 0) is 49.5 Å². The molecule has 1 aliphatic rings. The quantitative estimate of drug-likeness (QED) is 0.338. The van der Waals surface area contributed by atoms with Crippen LogP contribution in [0.2, 0.25) is 0 Å². The van der Waals surface area contributed by atoms with E-state index in [-0.39, 0.29) is 17.2 Å². The maximum atomic E-state index is 13.3. The molecule has 12 nitrogen and oxygen atoms in total. The fraction of sp³-hybridized carbons (Fsp3) is 0.214. The number of benzene rings is 1. The summed E-state index contributed by atoms with van der Waals surface area (Å²) in [5.74, 6) is 1.00. The van der Waals surface area contributed by atoms with Gasteiger partial charge < -0.3 is 25.2 Å². The number of rotatable bonds is 7. The number of hydrogen-bond donors (Lipinski definition) is 2. The van der Waals surface area contributed by atoms with Crippen molar-refractivity contribution in [1.29, 1.82) is 5.26 Å². The lowest BCUT2D eigenvalue weighted by molar-refractivity contribution is -0.111. The van der Waals surface area contributed by atoms with Gasteiger partial charge in [0, 0.05) is 43.4 Å². The number of nitrogens with zero attached hydrogens (tertiary/aromatic N) is 7. The predicted molar refractivity (Wildman–Crippen MR) is 152 cm³/mol. The summed E-state index contributed by atoms with van der Waals surface area (Å²) < 4.78 is 6.87. The van der Waals surface area contributed by atoms with Gasteiger partial charge in [-0.3, -0.25) is 14.2 Å². The number of fused-ring (bicyclic) bond motifs is 1. The van der Waals surface area contributed by atoms with E-state index in [0.717, 1.165) is 38.1 Å².